The predicted octanol–water partition coefficient (Wildman–Crippen LogP) is 2.93. The Labute approximate surface area is 152 Å². The third-order valence-electron chi connectivity index (χ3n) is 4.14. The van der Waals surface area contributed by atoms with E-state index in [1.54, 1.807) is 37.1 Å². The Balaban J connectivity index is 1.59. The van der Waals surface area contributed by atoms with Crippen molar-refractivity contribution in [1.82, 2.24) is 14.8 Å². The molecule has 0 bridgehead atoms. The van der Waals surface area contributed by atoms with Crippen molar-refractivity contribution in [3.8, 4) is 0 Å². The molecule has 1 aromatic carbocycles. The van der Waals surface area contributed by atoms with Crippen molar-refractivity contribution in [1.29, 1.82) is 0 Å². The molecule has 1 aliphatic rings. The van der Waals surface area contributed by atoms with Gasteiger partial charge in [-0.05, 0) is 49.2 Å². The van der Waals surface area contributed by atoms with Crippen LogP contribution in [0.5, 0.6) is 0 Å². The largest absolute Gasteiger partial charge is 0.341 e. The quantitative estimate of drug-likeness (QED) is 0.827. The topological polar surface area (TPSA) is 53.5 Å². The second kappa shape index (κ2) is 8.16. The van der Waals surface area contributed by atoms with Gasteiger partial charge in [0.25, 0.3) is 5.91 Å². The number of aromatic nitrogens is 1. The molecule has 0 radical (unpaired) electrons. The standard InChI is InChI=1S/C19H21N3O2S/c1-21(14-18(23)22-12-4-5-13-22)19(24)15-7-9-16(10-8-15)25-17-6-2-3-11-20-17/h2-3,6-11H,4-5,12-14H2,1H3. The maximum atomic E-state index is 12.5. The number of carbonyl (C=O) groups is 2. The highest BCUT2D eigenvalue weighted by molar-refractivity contribution is 7.99. The number of likely N-dealkylation sites (N-methyl/N-ethyl adjacent to an activating group) is 1. The lowest BCUT2D eigenvalue weighted by Gasteiger charge is -2.21. The number of likely N-dealkylation sites (tertiary alicyclic amines) is 1. The van der Waals surface area contributed by atoms with Gasteiger partial charge >= 0.3 is 0 Å². The molecule has 3 rings (SSSR count). The molecule has 0 N–H and O–H groups in total. The van der Waals surface area contributed by atoms with Gasteiger partial charge in [-0.15, -0.1) is 0 Å². The lowest BCUT2D eigenvalue weighted by atomic mass is 10.2. The lowest BCUT2D eigenvalue weighted by Crippen LogP contribution is -2.39. The molecule has 2 aromatic rings. The van der Waals surface area contributed by atoms with E-state index < -0.39 is 0 Å². The molecule has 0 saturated carbocycles. The highest BCUT2D eigenvalue weighted by Crippen LogP contribution is 2.25. The first-order valence-electron chi connectivity index (χ1n) is 8.36. The molecule has 1 aliphatic heterocycles. The Bertz CT molecular complexity index is 728. The van der Waals surface area contributed by atoms with Crippen molar-refractivity contribution in [2.75, 3.05) is 26.7 Å². The summed E-state index contributed by atoms with van der Waals surface area (Å²) in [6.45, 7) is 1.74. The lowest BCUT2D eigenvalue weighted by molar-refractivity contribution is -0.130. The summed E-state index contributed by atoms with van der Waals surface area (Å²) < 4.78 is 0. The van der Waals surface area contributed by atoms with Gasteiger partial charge in [-0.25, -0.2) is 4.98 Å². The average molecular weight is 355 g/mol. The summed E-state index contributed by atoms with van der Waals surface area (Å²) in [7, 11) is 1.67. The fraction of sp³-hybridized carbons (Fsp3) is 0.316. The number of carbonyl (C=O) groups excluding carboxylic acids is 2. The maximum absolute atomic E-state index is 12.5. The van der Waals surface area contributed by atoms with Gasteiger partial charge in [0.15, 0.2) is 0 Å². The van der Waals surface area contributed by atoms with Crippen molar-refractivity contribution in [2.24, 2.45) is 0 Å². The molecule has 6 heteroatoms. The number of benzene rings is 1. The molecular formula is C19H21N3O2S. The molecule has 1 fully saturated rings. The summed E-state index contributed by atoms with van der Waals surface area (Å²) in [5.41, 5.74) is 0.585. The minimum atomic E-state index is -0.137. The van der Waals surface area contributed by atoms with Gasteiger partial charge in [0.1, 0.15) is 5.03 Å². The highest BCUT2D eigenvalue weighted by atomic mass is 32.2. The van der Waals surface area contributed by atoms with E-state index in [9.17, 15) is 9.59 Å². The van der Waals surface area contributed by atoms with Crippen LogP contribution in [-0.2, 0) is 4.79 Å². The average Bonchev–Trinajstić information content (AvgIpc) is 3.17. The van der Waals surface area contributed by atoms with E-state index >= 15 is 0 Å². The number of hydrogen-bond donors (Lipinski definition) is 0. The summed E-state index contributed by atoms with van der Waals surface area (Å²) in [4.78, 5) is 33.3. The minimum absolute atomic E-state index is 0.0238. The normalized spacial score (nSPS) is 13.7. The van der Waals surface area contributed by atoms with E-state index in [2.05, 4.69) is 4.98 Å². The van der Waals surface area contributed by atoms with Crippen molar-refractivity contribution in [2.45, 2.75) is 22.8 Å². The van der Waals surface area contributed by atoms with Crippen molar-refractivity contribution >= 4 is 23.6 Å². The SMILES string of the molecule is CN(CC(=O)N1CCCC1)C(=O)c1ccc(Sc2ccccn2)cc1. The first-order valence-corrected chi connectivity index (χ1v) is 9.17. The number of nitrogens with zero attached hydrogens (tertiary/aromatic N) is 3. The number of pyridine rings is 1. The van der Waals surface area contributed by atoms with Crippen LogP contribution >= 0.6 is 11.8 Å². The van der Waals surface area contributed by atoms with E-state index in [-0.39, 0.29) is 18.4 Å². The third-order valence-corrected chi connectivity index (χ3v) is 5.10. The van der Waals surface area contributed by atoms with Gasteiger partial charge in [0.05, 0.1) is 6.54 Å². The van der Waals surface area contributed by atoms with Crippen molar-refractivity contribution in [3.05, 3.63) is 54.2 Å². The monoisotopic (exact) mass is 355 g/mol. The van der Waals surface area contributed by atoms with Crippen LogP contribution in [0.1, 0.15) is 23.2 Å². The summed E-state index contributed by atoms with van der Waals surface area (Å²) in [6.07, 6.45) is 3.87. The summed E-state index contributed by atoms with van der Waals surface area (Å²) >= 11 is 1.55. The predicted molar refractivity (Wildman–Crippen MR) is 97.6 cm³/mol. The van der Waals surface area contributed by atoms with Crippen LogP contribution in [0.2, 0.25) is 0 Å². The second-order valence-electron chi connectivity index (χ2n) is 6.04. The molecular weight excluding hydrogens is 334 g/mol. The van der Waals surface area contributed by atoms with E-state index in [0.29, 0.717) is 5.56 Å². The zero-order valence-corrected chi connectivity index (χ0v) is 15.0. The third kappa shape index (κ3) is 4.60. The van der Waals surface area contributed by atoms with Crippen molar-refractivity contribution < 1.29 is 9.59 Å². The van der Waals surface area contributed by atoms with Crippen LogP contribution in [0.3, 0.4) is 0 Å². The van der Waals surface area contributed by atoms with Crippen LogP contribution in [0, 0.1) is 0 Å². The van der Waals surface area contributed by atoms with Crippen LogP contribution in [0.15, 0.2) is 58.6 Å². The fourth-order valence-corrected chi connectivity index (χ4v) is 3.53. The van der Waals surface area contributed by atoms with Gasteiger partial charge in [-0.1, -0.05) is 17.8 Å². The molecule has 0 aliphatic carbocycles. The molecule has 2 amide bonds. The molecule has 25 heavy (non-hydrogen) atoms. The number of amides is 2. The minimum Gasteiger partial charge on any atom is -0.341 e. The fourth-order valence-electron chi connectivity index (χ4n) is 2.76. The number of hydrogen-bond acceptors (Lipinski definition) is 4. The summed E-state index contributed by atoms with van der Waals surface area (Å²) in [6, 6.07) is 13.2. The molecule has 0 unspecified atom stereocenters. The zero-order chi connectivity index (χ0) is 17.6. The van der Waals surface area contributed by atoms with Crippen LogP contribution in [0.25, 0.3) is 0 Å². The first kappa shape index (κ1) is 17.5. The molecule has 0 spiro atoms. The van der Waals surface area contributed by atoms with Gasteiger partial charge < -0.3 is 9.80 Å². The van der Waals surface area contributed by atoms with Crippen molar-refractivity contribution in [3.63, 3.8) is 0 Å². The van der Waals surface area contributed by atoms with E-state index in [1.165, 1.54) is 4.90 Å². The van der Waals surface area contributed by atoms with Crippen LogP contribution < -0.4 is 0 Å². The van der Waals surface area contributed by atoms with Gasteiger partial charge in [0, 0.05) is 36.8 Å². The molecule has 5 nitrogen and oxygen atoms in total. The smallest absolute Gasteiger partial charge is 0.254 e. The van der Waals surface area contributed by atoms with E-state index in [4.69, 9.17) is 0 Å². The Kier molecular flexibility index (Phi) is 5.71. The molecule has 130 valence electrons. The zero-order valence-electron chi connectivity index (χ0n) is 14.2. The van der Waals surface area contributed by atoms with Crippen LogP contribution in [-0.4, -0.2) is 53.3 Å². The van der Waals surface area contributed by atoms with E-state index in [1.807, 2.05) is 35.2 Å². The van der Waals surface area contributed by atoms with Gasteiger partial charge in [-0.2, -0.15) is 0 Å². The Hall–Kier alpha value is -2.34. The summed E-state index contributed by atoms with van der Waals surface area (Å²) in [5, 5.41) is 0.912. The van der Waals surface area contributed by atoms with Gasteiger partial charge in [0.2, 0.25) is 5.91 Å². The maximum Gasteiger partial charge on any atom is 0.254 e. The first-order chi connectivity index (χ1) is 12.1. The van der Waals surface area contributed by atoms with E-state index in [0.717, 1.165) is 35.9 Å². The Morgan fingerprint density at radius 2 is 1.84 bits per heavy atom. The molecule has 1 aromatic heterocycles. The Morgan fingerprint density at radius 3 is 2.48 bits per heavy atom. The summed E-state index contributed by atoms with van der Waals surface area (Å²) in [5.74, 6) is -0.113. The van der Waals surface area contributed by atoms with Crippen LogP contribution in [0.4, 0.5) is 0 Å². The number of rotatable bonds is 5. The second-order valence-corrected chi connectivity index (χ2v) is 7.14. The van der Waals surface area contributed by atoms with Gasteiger partial charge in [-0.3, -0.25) is 9.59 Å². The highest BCUT2D eigenvalue weighted by Gasteiger charge is 2.21. The molecule has 2 heterocycles. The molecule has 0 atom stereocenters. The molecule has 1 saturated heterocycles. The Morgan fingerprint density at radius 1 is 1.12 bits per heavy atom.